The molecule has 2 aromatic rings. The highest BCUT2D eigenvalue weighted by Crippen LogP contribution is 2.01. The molecule has 2 rings (SSSR count). The highest BCUT2D eigenvalue weighted by Gasteiger charge is 2.03. The van der Waals surface area contributed by atoms with Gasteiger partial charge in [0.1, 0.15) is 6.54 Å². The summed E-state index contributed by atoms with van der Waals surface area (Å²) >= 11 is 0. The summed E-state index contributed by atoms with van der Waals surface area (Å²) < 4.78 is 1.90. The maximum atomic E-state index is 11.8. The van der Waals surface area contributed by atoms with Crippen LogP contribution in [0.3, 0.4) is 0 Å². The van der Waals surface area contributed by atoms with E-state index >= 15 is 0 Å². The summed E-state index contributed by atoms with van der Waals surface area (Å²) in [5, 5.41) is 6.00. The molecule has 0 spiro atoms. The minimum absolute atomic E-state index is 0.0236. The van der Waals surface area contributed by atoms with Gasteiger partial charge in [0.05, 0.1) is 0 Å². The first-order valence-electron chi connectivity index (χ1n) is 6.38. The summed E-state index contributed by atoms with van der Waals surface area (Å²) in [6.07, 6.45) is 3.91. The molecule has 1 heterocycles. The van der Waals surface area contributed by atoms with Crippen LogP contribution in [0.5, 0.6) is 0 Å². The van der Waals surface area contributed by atoms with E-state index in [1.54, 1.807) is 0 Å². The number of nitrogens with one attached hydrogen (secondary N) is 2. The van der Waals surface area contributed by atoms with E-state index in [1.165, 1.54) is 5.56 Å². The van der Waals surface area contributed by atoms with Gasteiger partial charge in [-0.15, -0.1) is 0 Å². The molecular weight excluding hydrogens is 238 g/mol. The maximum absolute atomic E-state index is 11.8. The zero-order chi connectivity index (χ0) is 13.5. The van der Waals surface area contributed by atoms with Crippen LogP contribution in [-0.2, 0) is 24.4 Å². The van der Waals surface area contributed by atoms with Crippen LogP contribution in [0.25, 0.3) is 0 Å². The quantitative estimate of drug-likeness (QED) is 0.824. The van der Waals surface area contributed by atoms with Crippen LogP contribution in [0.2, 0.25) is 0 Å². The van der Waals surface area contributed by atoms with Crippen LogP contribution in [-0.4, -0.2) is 17.5 Å². The Morgan fingerprint density at radius 2 is 1.89 bits per heavy atom. The molecule has 100 valence electrons. The Morgan fingerprint density at radius 1 is 1.11 bits per heavy atom. The smallest absolute Gasteiger partial charge is 0.240 e. The van der Waals surface area contributed by atoms with Gasteiger partial charge in [-0.05, 0) is 24.2 Å². The Morgan fingerprint density at radius 3 is 2.63 bits per heavy atom. The molecule has 0 saturated carbocycles. The Bertz CT molecular complexity index is 519. The zero-order valence-corrected chi connectivity index (χ0v) is 11.1. The van der Waals surface area contributed by atoms with Gasteiger partial charge in [0, 0.05) is 25.5 Å². The summed E-state index contributed by atoms with van der Waals surface area (Å²) in [5.74, 6) is 0.0236. The minimum atomic E-state index is 0.0236. The molecule has 0 radical (unpaired) electrons. The van der Waals surface area contributed by atoms with E-state index in [0.717, 1.165) is 12.1 Å². The predicted molar refractivity (Wildman–Crippen MR) is 75.5 cm³/mol. The molecule has 0 aliphatic rings. The molecule has 0 aliphatic heterocycles. The molecular formula is C15H19N3O. The summed E-state index contributed by atoms with van der Waals surface area (Å²) in [4.78, 5) is 11.8. The summed E-state index contributed by atoms with van der Waals surface area (Å²) in [6, 6.07) is 11.9. The number of carbonyl (C=O) groups excluding carboxylic acids is 1. The first-order chi connectivity index (χ1) is 9.28. The molecule has 0 saturated heterocycles. The fourth-order valence-corrected chi connectivity index (χ4v) is 1.92. The van der Waals surface area contributed by atoms with E-state index < -0.39 is 0 Å². The summed E-state index contributed by atoms with van der Waals surface area (Å²) in [6.45, 7) is 1.75. The zero-order valence-electron chi connectivity index (χ0n) is 11.1. The second-order valence-corrected chi connectivity index (χ2v) is 4.48. The minimum Gasteiger partial charge on any atom is -0.350 e. The number of benzene rings is 1. The van der Waals surface area contributed by atoms with Crippen molar-refractivity contribution in [1.29, 1.82) is 0 Å². The summed E-state index contributed by atoms with van der Waals surface area (Å²) in [7, 11) is 1.91. The number of carbonyl (C=O) groups is 1. The number of amides is 1. The standard InChI is InChI=1S/C15H19N3O/c1-16-9-14-7-8-18(11-14)12-15(19)17-10-13-5-3-2-4-6-13/h2-8,11,16H,9-10,12H2,1H3,(H,17,19). The van der Waals surface area contributed by atoms with Gasteiger partial charge in [-0.25, -0.2) is 0 Å². The van der Waals surface area contributed by atoms with Gasteiger partial charge in [-0.3, -0.25) is 4.79 Å². The van der Waals surface area contributed by atoms with Gasteiger partial charge in [0.15, 0.2) is 0 Å². The van der Waals surface area contributed by atoms with Crippen molar-refractivity contribution in [2.24, 2.45) is 0 Å². The first-order valence-corrected chi connectivity index (χ1v) is 6.38. The molecule has 1 aromatic carbocycles. The Hall–Kier alpha value is -2.07. The lowest BCUT2D eigenvalue weighted by atomic mass is 10.2. The Labute approximate surface area is 113 Å². The molecule has 0 atom stereocenters. The van der Waals surface area contributed by atoms with Crippen LogP contribution in [0.4, 0.5) is 0 Å². The highest BCUT2D eigenvalue weighted by atomic mass is 16.1. The van der Waals surface area contributed by atoms with E-state index in [9.17, 15) is 4.79 Å². The van der Waals surface area contributed by atoms with Crippen LogP contribution < -0.4 is 10.6 Å². The van der Waals surface area contributed by atoms with Crippen molar-refractivity contribution in [1.82, 2.24) is 15.2 Å². The summed E-state index contributed by atoms with van der Waals surface area (Å²) in [5.41, 5.74) is 2.29. The molecule has 0 unspecified atom stereocenters. The largest absolute Gasteiger partial charge is 0.350 e. The molecule has 1 amide bonds. The molecule has 2 N–H and O–H groups in total. The Balaban J connectivity index is 1.80. The van der Waals surface area contributed by atoms with Crippen molar-refractivity contribution in [3.8, 4) is 0 Å². The molecule has 19 heavy (non-hydrogen) atoms. The van der Waals surface area contributed by atoms with Crippen LogP contribution in [0, 0.1) is 0 Å². The third-order valence-corrected chi connectivity index (χ3v) is 2.85. The second-order valence-electron chi connectivity index (χ2n) is 4.48. The monoisotopic (exact) mass is 257 g/mol. The average Bonchev–Trinajstić information content (AvgIpc) is 2.85. The number of nitrogens with zero attached hydrogens (tertiary/aromatic N) is 1. The third kappa shape index (κ3) is 4.26. The molecule has 4 nitrogen and oxygen atoms in total. The molecule has 0 aliphatic carbocycles. The maximum Gasteiger partial charge on any atom is 0.240 e. The fraction of sp³-hybridized carbons (Fsp3) is 0.267. The van der Waals surface area contributed by atoms with E-state index in [0.29, 0.717) is 13.1 Å². The fourth-order valence-electron chi connectivity index (χ4n) is 1.92. The molecule has 4 heteroatoms. The highest BCUT2D eigenvalue weighted by molar-refractivity contribution is 5.75. The predicted octanol–water partition coefficient (Wildman–Crippen LogP) is 1.52. The molecule has 0 fully saturated rings. The SMILES string of the molecule is CNCc1ccn(CC(=O)NCc2ccccc2)c1. The van der Waals surface area contributed by atoms with Crippen molar-refractivity contribution < 1.29 is 4.79 Å². The first kappa shape index (κ1) is 13.4. The van der Waals surface area contributed by atoms with Crippen molar-refractivity contribution in [2.75, 3.05) is 7.05 Å². The van der Waals surface area contributed by atoms with Crippen molar-refractivity contribution >= 4 is 5.91 Å². The molecule has 1 aromatic heterocycles. The van der Waals surface area contributed by atoms with Gasteiger partial charge in [-0.1, -0.05) is 30.3 Å². The van der Waals surface area contributed by atoms with Crippen molar-refractivity contribution in [3.63, 3.8) is 0 Å². The number of aromatic nitrogens is 1. The van der Waals surface area contributed by atoms with Gasteiger partial charge < -0.3 is 15.2 Å². The number of hydrogen-bond acceptors (Lipinski definition) is 2. The lowest BCUT2D eigenvalue weighted by Gasteiger charge is -2.06. The van der Waals surface area contributed by atoms with Gasteiger partial charge in [-0.2, -0.15) is 0 Å². The number of rotatable bonds is 6. The van der Waals surface area contributed by atoms with Gasteiger partial charge >= 0.3 is 0 Å². The van der Waals surface area contributed by atoms with E-state index in [-0.39, 0.29) is 5.91 Å². The van der Waals surface area contributed by atoms with Crippen LogP contribution >= 0.6 is 0 Å². The molecule has 0 bridgehead atoms. The normalized spacial score (nSPS) is 10.4. The Kier molecular flexibility index (Phi) is 4.75. The topological polar surface area (TPSA) is 46.1 Å². The van der Waals surface area contributed by atoms with E-state index in [2.05, 4.69) is 10.6 Å². The van der Waals surface area contributed by atoms with Crippen molar-refractivity contribution in [2.45, 2.75) is 19.6 Å². The second kappa shape index (κ2) is 6.75. The van der Waals surface area contributed by atoms with Crippen LogP contribution in [0.15, 0.2) is 48.8 Å². The van der Waals surface area contributed by atoms with Crippen LogP contribution in [0.1, 0.15) is 11.1 Å². The lowest BCUT2D eigenvalue weighted by Crippen LogP contribution is -2.26. The average molecular weight is 257 g/mol. The van der Waals surface area contributed by atoms with E-state index in [1.807, 2.05) is 60.4 Å². The van der Waals surface area contributed by atoms with E-state index in [4.69, 9.17) is 0 Å². The van der Waals surface area contributed by atoms with Gasteiger partial charge in [0.2, 0.25) is 5.91 Å². The van der Waals surface area contributed by atoms with Crippen molar-refractivity contribution in [3.05, 3.63) is 59.9 Å². The van der Waals surface area contributed by atoms with Gasteiger partial charge in [0.25, 0.3) is 0 Å². The third-order valence-electron chi connectivity index (χ3n) is 2.85. The number of hydrogen-bond donors (Lipinski definition) is 2. The lowest BCUT2D eigenvalue weighted by molar-refractivity contribution is -0.121.